The second kappa shape index (κ2) is 8.93. The average molecular weight is 284 g/mol. The van der Waals surface area contributed by atoms with Crippen molar-refractivity contribution in [3.05, 3.63) is 23.3 Å². The van der Waals surface area contributed by atoms with Gasteiger partial charge in [0.15, 0.2) is 0 Å². The first-order valence-electron chi connectivity index (χ1n) is 7.06. The highest BCUT2D eigenvalue weighted by Gasteiger charge is 2.16. The smallest absolute Gasteiger partial charge is 0.330 e. The van der Waals surface area contributed by atoms with Gasteiger partial charge in [0.2, 0.25) is 0 Å². The molecule has 1 atom stereocenters. The van der Waals surface area contributed by atoms with E-state index >= 15 is 0 Å². The molecule has 0 saturated heterocycles. The molecule has 0 radical (unpaired) electrons. The van der Waals surface area contributed by atoms with Crippen molar-refractivity contribution < 1.29 is 19.1 Å². The molecule has 0 bridgehead atoms. The quantitative estimate of drug-likeness (QED) is 0.322. The largest absolute Gasteiger partial charge is 0.460 e. The average Bonchev–Trinajstić information content (AvgIpc) is 2.23. The normalized spacial score (nSPS) is 13.8. The maximum Gasteiger partial charge on any atom is 0.330 e. The van der Waals surface area contributed by atoms with Gasteiger partial charge in [-0.1, -0.05) is 17.2 Å². The van der Waals surface area contributed by atoms with Gasteiger partial charge < -0.3 is 14.3 Å². The minimum atomic E-state index is -0.627. The van der Waals surface area contributed by atoms with E-state index in [2.05, 4.69) is 19.9 Å². The Hall–Kier alpha value is -1.13. The van der Waals surface area contributed by atoms with Gasteiger partial charge >= 0.3 is 5.97 Å². The third-order valence-corrected chi connectivity index (χ3v) is 2.63. The summed E-state index contributed by atoms with van der Waals surface area (Å²) in [6.07, 6.45) is 4.81. The first-order chi connectivity index (χ1) is 9.10. The predicted octanol–water partition coefficient (Wildman–Crippen LogP) is 2.29. The van der Waals surface area contributed by atoms with E-state index < -0.39 is 6.10 Å². The monoisotopic (exact) mass is 284 g/mol. The van der Waals surface area contributed by atoms with Crippen LogP contribution in [0.25, 0.3) is 0 Å². The van der Waals surface area contributed by atoms with Crippen molar-refractivity contribution in [1.82, 2.24) is 0 Å². The molecule has 0 aromatic rings. The van der Waals surface area contributed by atoms with Crippen LogP contribution in [-0.4, -0.2) is 56.0 Å². The second-order valence-corrected chi connectivity index (χ2v) is 6.57. The van der Waals surface area contributed by atoms with Crippen LogP contribution in [-0.2, 0) is 9.53 Å². The zero-order valence-electron chi connectivity index (χ0n) is 13.8. The Balaban J connectivity index is 4.06. The summed E-state index contributed by atoms with van der Waals surface area (Å²) < 4.78 is 5.69. The molecule has 0 aliphatic heterocycles. The molecule has 4 nitrogen and oxygen atoms in total. The number of esters is 1. The number of allylic oxidation sites excluding steroid dienone is 3. The molecule has 0 aromatic carbocycles. The molecule has 116 valence electrons. The second-order valence-electron chi connectivity index (χ2n) is 6.57. The molecule has 1 unspecified atom stereocenters. The number of hydrogen-bond acceptors (Lipinski definition) is 3. The number of likely N-dealkylation sites (N-methyl/N-ethyl adjacent to an activating group) is 1. The molecule has 0 aromatic heterocycles. The summed E-state index contributed by atoms with van der Waals surface area (Å²) >= 11 is 0. The number of quaternary nitrogens is 1. The van der Waals surface area contributed by atoms with Gasteiger partial charge in [-0.05, 0) is 33.6 Å². The van der Waals surface area contributed by atoms with Crippen molar-refractivity contribution in [3.8, 4) is 0 Å². The van der Waals surface area contributed by atoms with Gasteiger partial charge in [-0.2, -0.15) is 0 Å². The van der Waals surface area contributed by atoms with Crippen LogP contribution in [0.15, 0.2) is 23.3 Å². The van der Waals surface area contributed by atoms with E-state index in [1.807, 2.05) is 28.1 Å². The highest BCUT2D eigenvalue weighted by Crippen LogP contribution is 2.07. The summed E-state index contributed by atoms with van der Waals surface area (Å²) in [5.41, 5.74) is 2.28. The summed E-state index contributed by atoms with van der Waals surface area (Å²) in [6, 6.07) is 0. The summed E-state index contributed by atoms with van der Waals surface area (Å²) in [6.45, 7) is 6.63. The van der Waals surface area contributed by atoms with Gasteiger partial charge in [0.1, 0.15) is 19.3 Å². The molecule has 0 saturated carbocycles. The van der Waals surface area contributed by atoms with Gasteiger partial charge in [0.05, 0.1) is 21.1 Å². The van der Waals surface area contributed by atoms with Gasteiger partial charge in [-0.15, -0.1) is 0 Å². The summed E-state index contributed by atoms with van der Waals surface area (Å²) in [7, 11) is 5.95. The summed E-state index contributed by atoms with van der Waals surface area (Å²) in [4.78, 5) is 11.6. The van der Waals surface area contributed by atoms with Crippen molar-refractivity contribution in [1.29, 1.82) is 0 Å². The van der Waals surface area contributed by atoms with Crippen molar-refractivity contribution in [2.24, 2.45) is 0 Å². The molecule has 0 amide bonds. The van der Waals surface area contributed by atoms with Crippen LogP contribution < -0.4 is 0 Å². The number of ether oxygens (including phenoxy) is 1. The molecule has 0 aliphatic carbocycles. The van der Waals surface area contributed by atoms with Gasteiger partial charge in [-0.25, -0.2) is 4.79 Å². The third kappa shape index (κ3) is 11.9. The molecule has 4 heteroatoms. The van der Waals surface area contributed by atoms with E-state index in [9.17, 15) is 9.90 Å². The Labute approximate surface area is 123 Å². The molecule has 0 spiro atoms. The number of aliphatic hydroxyl groups is 1. The molecule has 20 heavy (non-hydrogen) atoms. The number of carbonyl (C=O) groups excluding carboxylic acids is 1. The maximum absolute atomic E-state index is 11.6. The Kier molecular flexibility index (Phi) is 8.42. The molecule has 0 heterocycles. The van der Waals surface area contributed by atoms with Crippen molar-refractivity contribution in [2.45, 2.75) is 39.7 Å². The fourth-order valence-corrected chi connectivity index (χ4v) is 1.77. The first kappa shape index (κ1) is 18.9. The molecule has 0 fully saturated rings. The maximum atomic E-state index is 11.6. The number of nitrogens with zero attached hydrogens (tertiary/aromatic N) is 1. The Morgan fingerprint density at radius 1 is 1.25 bits per heavy atom. The molecular weight excluding hydrogens is 254 g/mol. The lowest BCUT2D eigenvalue weighted by Gasteiger charge is -2.26. The number of aliphatic hydroxyl groups excluding tert-OH is 1. The Morgan fingerprint density at radius 3 is 2.35 bits per heavy atom. The van der Waals surface area contributed by atoms with E-state index in [0.717, 1.165) is 18.4 Å². The van der Waals surface area contributed by atoms with Crippen LogP contribution in [0, 0.1) is 0 Å². The van der Waals surface area contributed by atoms with Crippen LogP contribution in [0.2, 0.25) is 0 Å². The van der Waals surface area contributed by atoms with Gasteiger partial charge in [0, 0.05) is 6.08 Å². The standard InChI is InChI=1S/C16H30NO3/c1-13(2)8-7-9-14(3)10-16(19)20-12-15(18)11-17(4,5)6/h8,10,15,18H,7,9,11-12H2,1-6H3/q+1/b14-10+. The molecular formula is C16H30NO3+. The van der Waals surface area contributed by atoms with Crippen LogP contribution in [0.3, 0.4) is 0 Å². The molecule has 0 aliphatic rings. The lowest BCUT2D eigenvalue weighted by Crippen LogP contribution is -2.43. The Bertz CT molecular complexity index is 360. The van der Waals surface area contributed by atoms with Crippen molar-refractivity contribution >= 4 is 5.97 Å². The zero-order chi connectivity index (χ0) is 15.8. The zero-order valence-corrected chi connectivity index (χ0v) is 13.8. The molecule has 1 N–H and O–H groups in total. The number of rotatable bonds is 8. The number of hydrogen-bond donors (Lipinski definition) is 1. The SMILES string of the molecule is CC(C)=CCC/C(C)=C/C(=O)OCC(O)C[N+](C)(C)C. The van der Waals surface area contributed by atoms with Gasteiger partial charge in [0.25, 0.3) is 0 Å². The first-order valence-corrected chi connectivity index (χ1v) is 7.06. The topological polar surface area (TPSA) is 46.5 Å². The summed E-state index contributed by atoms with van der Waals surface area (Å²) in [5, 5.41) is 9.75. The van der Waals surface area contributed by atoms with E-state index in [0.29, 0.717) is 11.0 Å². The molecule has 0 rings (SSSR count). The van der Waals surface area contributed by atoms with Crippen molar-refractivity contribution in [3.63, 3.8) is 0 Å². The van der Waals surface area contributed by atoms with Crippen LogP contribution in [0.1, 0.15) is 33.6 Å². The van der Waals surface area contributed by atoms with E-state index in [1.165, 1.54) is 11.6 Å². The summed E-state index contributed by atoms with van der Waals surface area (Å²) in [5.74, 6) is -0.375. The van der Waals surface area contributed by atoms with E-state index in [-0.39, 0.29) is 12.6 Å². The lowest BCUT2D eigenvalue weighted by molar-refractivity contribution is -0.873. The minimum absolute atomic E-state index is 0.0477. The van der Waals surface area contributed by atoms with E-state index in [4.69, 9.17) is 4.74 Å². The van der Waals surface area contributed by atoms with Crippen LogP contribution in [0.5, 0.6) is 0 Å². The third-order valence-electron chi connectivity index (χ3n) is 2.63. The van der Waals surface area contributed by atoms with Crippen molar-refractivity contribution in [2.75, 3.05) is 34.3 Å². The minimum Gasteiger partial charge on any atom is -0.460 e. The highest BCUT2D eigenvalue weighted by molar-refractivity contribution is 5.82. The van der Waals surface area contributed by atoms with Crippen LogP contribution >= 0.6 is 0 Å². The van der Waals surface area contributed by atoms with Crippen LogP contribution in [0.4, 0.5) is 0 Å². The van der Waals surface area contributed by atoms with E-state index in [1.54, 1.807) is 0 Å². The highest BCUT2D eigenvalue weighted by atomic mass is 16.5. The Morgan fingerprint density at radius 2 is 1.85 bits per heavy atom. The number of carbonyl (C=O) groups is 1. The fraction of sp³-hybridized carbons (Fsp3) is 0.688. The van der Waals surface area contributed by atoms with Gasteiger partial charge in [-0.3, -0.25) is 0 Å². The fourth-order valence-electron chi connectivity index (χ4n) is 1.77. The lowest BCUT2D eigenvalue weighted by atomic mass is 10.1. The predicted molar refractivity (Wildman–Crippen MR) is 82.3 cm³/mol.